The summed E-state index contributed by atoms with van der Waals surface area (Å²) in [6.45, 7) is 30.4. The van der Waals surface area contributed by atoms with E-state index in [0.717, 1.165) is 11.1 Å². The molecule has 1 aliphatic carbocycles. The van der Waals surface area contributed by atoms with E-state index in [2.05, 4.69) is 39.5 Å². The molecule has 1 aliphatic rings. The number of esters is 6. The molecule has 0 spiro atoms. The van der Waals surface area contributed by atoms with Gasteiger partial charge in [0.05, 0.1) is 5.41 Å². The Morgan fingerprint density at radius 2 is 0.607 bits per heavy atom. The Morgan fingerprint density at radius 3 is 0.852 bits per heavy atom. The largest absolute Gasteiger partial charge is 0.419 e. The van der Waals surface area contributed by atoms with Crippen LogP contribution in [0.4, 0.5) is 0 Å². The number of rotatable bonds is 14. The van der Waals surface area contributed by atoms with E-state index in [9.17, 15) is 28.8 Å². The van der Waals surface area contributed by atoms with Gasteiger partial charge in [-0.05, 0) is 99.2 Å². The smallest absolute Gasteiger partial charge is 0.338 e. The number of hydrogen-bond acceptors (Lipinski definition) is 12. The first kappa shape index (κ1) is 44.2. The van der Waals surface area contributed by atoms with Crippen LogP contribution in [0.1, 0.15) is 63.8 Å². The number of fused-ring (bicyclic) bond motifs is 3. The number of carbonyl (C=O) groups is 6. The SMILES string of the molecule is C=C(C)C(=O)Oc1cc(C2(c3cc(OC(=O)C(=C)C)c(OC(=O)C(=C)C)c(OC(=O)C(=C)C)c3)c3ccccc3-c3ccccc32)cc(OC(=O)C(=C)C)c1OC(=O)C(=C)C. The van der Waals surface area contributed by atoms with Crippen molar-refractivity contribution in [2.24, 2.45) is 0 Å². The van der Waals surface area contributed by atoms with Gasteiger partial charge < -0.3 is 28.4 Å². The maximum Gasteiger partial charge on any atom is 0.338 e. The van der Waals surface area contributed by atoms with E-state index in [0.29, 0.717) is 11.1 Å². The normalized spacial score (nSPS) is 11.7. The van der Waals surface area contributed by atoms with Crippen LogP contribution in [-0.2, 0) is 34.2 Å². The zero-order valence-corrected chi connectivity index (χ0v) is 34.6. The van der Waals surface area contributed by atoms with Gasteiger partial charge in [0.15, 0.2) is 23.0 Å². The summed E-state index contributed by atoms with van der Waals surface area (Å²) in [4.78, 5) is 79.6. The molecule has 0 aromatic heterocycles. The van der Waals surface area contributed by atoms with E-state index in [1.165, 1.54) is 65.8 Å². The first-order chi connectivity index (χ1) is 28.7. The first-order valence-electron chi connectivity index (χ1n) is 18.5. The molecule has 0 unspecified atom stereocenters. The van der Waals surface area contributed by atoms with Crippen molar-refractivity contribution in [3.63, 3.8) is 0 Å². The Morgan fingerprint density at radius 1 is 0.377 bits per heavy atom. The van der Waals surface area contributed by atoms with Gasteiger partial charge in [0.25, 0.3) is 0 Å². The number of carbonyl (C=O) groups excluding carboxylic acids is 6. The van der Waals surface area contributed by atoms with Crippen LogP contribution in [-0.4, -0.2) is 35.8 Å². The van der Waals surface area contributed by atoms with Crippen molar-refractivity contribution in [3.8, 4) is 45.6 Å². The van der Waals surface area contributed by atoms with Crippen molar-refractivity contribution in [3.05, 3.63) is 168 Å². The predicted molar refractivity (Wildman–Crippen MR) is 226 cm³/mol. The summed E-state index contributed by atoms with van der Waals surface area (Å²) in [5, 5.41) is 0. The minimum absolute atomic E-state index is 0.0258. The third-order valence-corrected chi connectivity index (χ3v) is 9.15. The molecule has 61 heavy (non-hydrogen) atoms. The van der Waals surface area contributed by atoms with Crippen LogP contribution in [0.2, 0.25) is 0 Å². The number of ether oxygens (including phenoxy) is 6. The van der Waals surface area contributed by atoms with Gasteiger partial charge in [0.2, 0.25) is 11.5 Å². The molecule has 0 radical (unpaired) electrons. The minimum Gasteiger partial charge on any atom is -0.419 e. The Kier molecular flexibility index (Phi) is 12.7. The topological polar surface area (TPSA) is 158 Å². The van der Waals surface area contributed by atoms with Gasteiger partial charge in [-0.15, -0.1) is 0 Å². The highest BCUT2D eigenvalue weighted by Crippen LogP contribution is 2.59. The lowest BCUT2D eigenvalue weighted by molar-refractivity contribution is -0.133. The summed E-state index contributed by atoms with van der Waals surface area (Å²) in [6, 6.07) is 20.2. The summed E-state index contributed by atoms with van der Waals surface area (Å²) in [7, 11) is 0. The van der Waals surface area contributed by atoms with Gasteiger partial charge in [-0.3, -0.25) is 0 Å². The second kappa shape index (κ2) is 17.6. The van der Waals surface area contributed by atoms with E-state index in [4.69, 9.17) is 28.4 Å². The molecule has 12 heteroatoms. The summed E-state index contributed by atoms with van der Waals surface area (Å²) in [6.07, 6.45) is 0. The van der Waals surface area contributed by atoms with Crippen LogP contribution in [0.5, 0.6) is 34.5 Å². The molecular weight excluding hydrogens is 781 g/mol. The van der Waals surface area contributed by atoms with Gasteiger partial charge in [0.1, 0.15) is 0 Å². The van der Waals surface area contributed by atoms with E-state index < -0.39 is 52.7 Å². The average Bonchev–Trinajstić information content (AvgIpc) is 3.50. The molecule has 0 fully saturated rings. The molecule has 0 bridgehead atoms. The molecule has 4 aromatic carbocycles. The fourth-order valence-electron chi connectivity index (χ4n) is 6.22. The maximum atomic E-state index is 13.3. The van der Waals surface area contributed by atoms with Crippen LogP contribution >= 0.6 is 0 Å². The molecule has 5 rings (SSSR count). The lowest BCUT2D eigenvalue weighted by Crippen LogP contribution is -2.30. The van der Waals surface area contributed by atoms with Crippen molar-refractivity contribution >= 4 is 35.8 Å². The molecule has 0 heterocycles. The third-order valence-electron chi connectivity index (χ3n) is 9.15. The van der Waals surface area contributed by atoms with Crippen LogP contribution in [0.15, 0.2) is 146 Å². The van der Waals surface area contributed by atoms with E-state index in [1.807, 2.05) is 36.4 Å². The zero-order valence-electron chi connectivity index (χ0n) is 34.6. The van der Waals surface area contributed by atoms with Crippen molar-refractivity contribution in [1.29, 1.82) is 0 Å². The van der Waals surface area contributed by atoms with Crippen molar-refractivity contribution < 1.29 is 57.2 Å². The molecule has 0 saturated carbocycles. The lowest BCUT2D eigenvalue weighted by atomic mass is 9.67. The molecule has 0 atom stereocenters. The van der Waals surface area contributed by atoms with Gasteiger partial charge in [0, 0.05) is 33.4 Å². The molecule has 0 aliphatic heterocycles. The third kappa shape index (κ3) is 8.79. The Labute approximate surface area is 352 Å². The van der Waals surface area contributed by atoms with Crippen LogP contribution < -0.4 is 28.4 Å². The highest BCUT2D eigenvalue weighted by Gasteiger charge is 2.48. The zero-order chi connectivity index (χ0) is 45.1. The van der Waals surface area contributed by atoms with E-state index in [1.54, 1.807) is 12.1 Å². The van der Waals surface area contributed by atoms with Crippen molar-refractivity contribution in [1.82, 2.24) is 0 Å². The highest BCUT2D eigenvalue weighted by atomic mass is 16.6. The Hall–Kier alpha value is -7.86. The van der Waals surface area contributed by atoms with Crippen molar-refractivity contribution in [2.45, 2.75) is 47.0 Å². The second-order valence-electron chi connectivity index (χ2n) is 14.5. The van der Waals surface area contributed by atoms with E-state index in [-0.39, 0.29) is 67.6 Å². The molecular formula is C49H42O12. The van der Waals surface area contributed by atoms with Crippen molar-refractivity contribution in [2.75, 3.05) is 0 Å². The molecule has 0 amide bonds. The summed E-state index contributed by atoms with van der Waals surface area (Å²) in [5.41, 5.74) is 1.26. The van der Waals surface area contributed by atoms with Crippen LogP contribution in [0.25, 0.3) is 11.1 Å². The Bertz CT molecular complexity index is 2390. The molecule has 0 saturated heterocycles. The fourth-order valence-corrected chi connectivity index (χ4v) is 6.22. The monoisotopic (exact) mass is 822 g/mol. The highest BCUT2D eigenvalue weighted by molar-refractivity contribution is 5.96. The molecule has 12 nitrogen and oxygen atoms in total. The summed E-state index contributed by atoms with van der Waals surface area (Å²) < 4.78 is 34.7. The van der Waals surface area contributed by atoms with E-state index >= 15 is 0 Å². The second-order valence-corrected chi connectivity index (χ2v) is 14.5. The standard InChI is InChI=1S/C49H42O12/c1-25(2)43(50)56-37-21-31(22-38(57-44(51)26(3)4)41(37)60-47(54)29(9)10)49(35-19-15-13-17-33(35)34-18-14-16-20-36(34)49)32-23-39(58-45(52)27(5)6)42(61-48(55)30(11)12)40(24-32)59-46(53)28(7)8/h13-24H,1,3,5,7,9,11H2,2,4,6,8,10,12H3. The quantitative estimate of drug-likeness (QED) is 0.0596. The molecule has 310 valence electrons. The maximum absolute atomic E-state index is 13.3. The summed E-state index contributed by atoms with van der Waals surface area (Å²) in [5.74, 6) is -7.97. The average molecular weight is 823 g/mol. The Balaban J connectivity index is 2.06. The van der Waals surface area contributed by atoms with Gasteiger partial charge in [-0.25, -0.2) is 28.8 Å². The number of hydrogen-bond donors (Lipinski definition) is 0. The van der Waals surface area contributed by atoms with Crippen LogP contribution in [0.3, 0.4) is 0 Å². The fraction of sp³-hybridized carbons (Fsp3) is 0.143. The van der Waals surface area contributed by atoms with Gasteiger partial charge >= 0.3 is 35.8 Å². The van der Waals surface area contributed by atoms with Gasteiger partial charge in [-0.1, -0.05) is 88.0 Å². The molecule has 0 N–H and O–H groups in total. The summed E-state index contributed by atoms with van der Waals surface area (Å²) >= 11 is 0. The van der Waals surface area contributed by atoms with Crippen LogP contribution in [0, 0.1) is 0 Å². The predicted octanol–water partition coefficient (Wildman–Crippen LogP) is 8.94. The number of benzene rings is 4. The molecule has 4 aromatic rings. The minimum atomic E-state index is -1.61. The lowest BCUT2D eigenvalue weighted by Gasteiger charge is -2.35. The van der Waals surface area contributed by atoms with Gasteiger partial charge in [-0.2, -0.15) is 0 Å². The first-order valence-corrected chi connectivity index (χ1v) is 18.5.